The van der Waals surface area contributed by atoms with Gasteiger partial charge in [0.15, 0.2) is 0 Å². The van der Waals surface area contributed by atoms with Crippen molar-refractivity contribution in [3.05, 3.63) is 91.0 Å². The van der Waals surface area contributed by atoms with Crippen molar-refractivity contribution in [3.63, 3.8) is 0 Å². The maximum absolute atomic E-state index is 4.86. The van der Waals surface area contributed by atoms with E-state index in [0.29, 0.717) is 0 Å². The summed E-state index contributed by atoms with van der Waals surface area (Å²) in [4.78, 5) is 0. The molecule has 0 heterocycles. The van der Waals surface area contributed by atoms with Crippen LogP contribution in [0.4, 0.5) is 0 Å². The Bertz CT molecular complexity index is 554. The molecule has 0 aliphatic rings. The molecule has 3 aromatic carbocycles. The fourth-order valence-corrected chi connectivity index (χ4v) is 4.48. The summed E-state index contributed by atoms with van der Waals surface area (Å²) < 4.78 is 0. The Hall–Kier alpha value is -0.590. The van der Waals surface area contributed by atoms with Crippen LogP contribution in [-0.4, -0.2) is 0 Å². The number of benzene rings is 3. The maximum atomic E-state index is 4.86. The molecule has 3 rings (SSSR count). The predicted molar refractivity (Wildman–Crippen MR) is 96.9 cm³/mol. The summed E-state index contributed by atoms with van der Waals surface area (Å²) in [5.41, 5.74) is 0. The van der Waals surface area contributed by atoms with Gasteiger partial charge in [-0.15, -0.1) is 0 Å². The van der Waals surface area contributed by atoms with Gasteiger partial charge in [0.2, 0.25) is 0 Å². The van der Waals surface area contributed by atoms with Crippen molar-refractivity contribution in [2.75, 3.05) is 0 Å². The monoisotopic (exact) mass is 529 g/mol. The van der Waals surface area contributed by atoms with Crippen molar-refractivity contribution < 1.29 is 17.6 Å². The van der Waals surface area contributed by atoms with Gasteiger partial charge in [-0.1, -0.05) is 91.0 Å². The van der Waals surface area contributed by atoms with Crippen molar-refractivity contribution in [3.8, 4) is 0 Å². The quantitative estimate of drug-likeness (QED) is 0.337. The molecule has 0 saturated carbocycles. The molecule has 0 unspecified atom stereocenters. The second-order valence-corrected chi connectivity index (χ2v) is 9.74. The van der Waals surface area contributed by atoms with Crippen LogP contribution in [-0.2, 0) is 17.6 Å². The minimum absolute atomic E-state index is 0.389. The van der Waals surface area contributed by atoms with Crippen LogP contribution in [0.5, 0.6) is 0 Å². The maximum Gasteiger partial charge on any atom is -0.0134 e. The molecule has 0 saturated heterocycles. The SMILES string of the molecule is [Cl][Au][Cl].c1ccc(P(c2ccccc2)c2ccccc2)cc1. The second kappa shape index (κ2) is 10.2. The molecular formula is C18H15AuCl2P. The molecule has 117 valence electrons. The number of hydrogen-bond acceptors (Lipinski definition) is 0. The van der Waals surface area contributed by atoms with Crippen LogP contribution < -0.4 is 15.9 Å². The van der Waals surface area contributed by atoms with Gasteiger partial charge in [0.1, 0.15) is 0 Å². The van der Waals surface area contributed by atoms with Crippen molar-refractivity contribution >= 4 is 42.2 Å². The number of rotatable bonds is 3. The fraction of sp³-hybridized carbons (Fsp3) is 0. The molecule has 22 heavy (non-hydrogen) atoms. The summed E-state index contributed by atoms with van der Waals surface area (Å²) in [6.45, 7) is 0. The first-order valence-corrected chi connectivity index (χ1v) is 13.3. The Balaban J connectivity index is 0.000000545. The zero-order chi connectivity index (χ0) is 15.6. The Morgan fingerprint density at radius 1 is 0.500 bits per heavy atom. The largest absolute Gasteiger partial charge is 0.0622 e. The third kappa shape index (κ3) is 5.25. The van der Waals surface area contributed by atoms with Gasteiger partial charge in [-0.2, -0.15) is 0 Å². The molecule has 0 amide bonds. The average Bonchev–Trinajstić information content (AvgIpc) is 2.59. The van der Waals surface area contributed by atoms with Gasteiger partial charge >= 0.3 is 36.0 Å². The molecule has 0 N–H and O–H groups in total. The van der Waals surface area contributed by atoms with E-state index in [1.807, 2.05) is 0 Å². The third-order valence-corrected chi connectivity index (χ3v) is 5.49. The molecule has 0 fully saturated rings. The van der Waals surface area contributed by atoms with Gasteiger partial charge in [0.25, 0.3) is 0 Å². The van der Waals surface area contributed by atoms with Gasteiger partial charge in [0.05, 0.1) is 0 Å². The standard InChI is InChI=1S/C18H15P.Au.2ClH/c1-4-10-16(11-5-1)19(17-12-6-2-7-13-17)18-14-8-3-9-15-18;;;/h1-15H;;2*1H/q;+2;;/p-2. The molecule has 0 spiro atoms. The summed E-state index contributed by atoms with van der Waals surface area (Å²) in [6, 6.07) is 32.3. The van der Waals surface area contributed by atoms with E-state index in [1.54, 1.807) is 0 Å². The zero-order valence-electron chi connectivity index (χ0n) is 11.7. The van der Waals surface area contributed by atoms with Gasteiger partial charge in [-0.05, 0) is 23.8 Å². The van der Waals surface area contributed by atoms with Gasteiger partial charge in [0, 0.05) is 0 Å². The first-order chi connectivity index (χ1) is 10.9. The van der Waals surface area contributed by atoms with E-state index >= 15 is 0 Å². The minimum atomic E-state index is -0.446. The minimum Gasteiger partial charge on any atom is -0.0622 e. The Kier molecular flexibility index (Phi) is 8.26. The van der Waals surface area contributed by atoms with Crippen molar-refractivity contribution in [1.29, 1.82) is 0 Å². The van der Waals surface area contributed by atoms with Gasteiger partial charge in [-0.25, -0.2) is 0 Å². The zero-order valence-corrected chi connectivity index (χ0v) is 16.2. The van der Waals surface area contributed by atoms with E-state index in [4.69, 9.17) is 18.4 Å². The molecular weight excluding hydrogens is 515 g/mol. The van der Waals surface area contributed by atoms with Crippen LogP contribution in [0.25, 0.3) is 0 Å². The van der Waals surface area contributed by atoms with Gasteiger partial charge in [-0.3, -0.25) is 0 Å². The smallest absolute Gasteiger partial charge is 0.0134 e. The van der Waals surface area contributed by atoms with E-state index in [9.17, 15) is 0 Å². The topological polar surface area (TPSA) is 0 Å². The predicted octanol–water partition coefficient (Wildman–Crippen LogP) is 4.82. The molecule has 0 atom stereocenters. The van der Waals surface area contributed by atoms with Crippen LogP contribution in [0.2, 0.25) is 0 Å². The summed E-state index contributed by atoms with van der Waals surface area (Å²) in [5.74, 6) is 0. The van der Waals surface area contributed by atoms with E-state index in [2.05, 4.69) is 91.0 Å². The fourth-order valence-electron chi connectivity index (χ4n) is 2.18. The molecule has 0 nitrogen and oxygen atoms in total. The van der Waals surface area contributed by atoms with Crippen LogP contribution in [0.3, 0.4) is 0 Å². The van der Waals surface area contributed by atoms with Crippen molar-refractivity contribution in [2.45, 2.75) is 0 Å². The Labute approximate surface area is 150 Å². The number of halogens is 2. The summed E-state index contributed by atoms with van der Waals surface area (Å²) in [5, 5.41) is 4.19. The van der Waals surface area contributed by atoms with Crippen LogP contribution in [0.15, 0.2) is 91.0 Å². The normalized spacial score (nSPS) is 10.1. The summed E-state index contributed by atoms with van der Waals surface area (Å²) in [7, 11) is 9.28. The van der Waals surface area contributed by atoms with Gasteiger partial charge < -0.3 is 0 Å². The van der Waals surface area contributed by atoms with Crippen molar-refractivity contribution in [2.24, 2.45) is 0 Å². The molecule has 0 aliphatic heterocycles. The molecule has 0 bridgehead atoms. The summed E-state index contributed by atoms with van der Waals surface area (Å²) in [6.07, 6.45) is 0. The molecule has 0 aliphatic carbocycles. The second-order valence-electron chi connectivity index (χ2n) is 4.39. The van der Waals surface area contributed by atoms with Crippen LogP contribution in [0, 0.1) is 0 Å². The molecule has 0 aromatic heterocycles. The molecule has 0 radical (unpaired) electrons. The van der Waals surface area contributed by atoms with Crippen LogP contribution in [0.1, 0.15) is 0 Å². The van der Waals surface area contributed by atoms with Crippen LogP contribution >= 0.6 is 26.3 Å². The third-order valence-electron chi connectivity index (χ3n) is 3.04. The first kappa shape index (κ1) is 17.8. The van der Waals surface area contributed by atoms with E-state index in [-0.39, 0.29) is 17.6 Å². The Morgan fingerprint density at radius 2 is 0.727 bits per heavy atom. The van der Waals surface area contributed by atoms with E-state index < -0.39 is 7.92 Å². The summed E-state index contributed by atoms with van der Waals surface area (Å²) >= 11 is -0.389. The van der Waals surface area contributed by atoms with E-state index in [1.165, 1.54) is 15.9 Å². The molecule has 3 aromatic rings. The first-order valence-electron chi connectivity index (χ1n) is 6.63. The van der Waals surface area contributed by atoms with E-state index in [0.717, 1.165) is 0 Å². The number of hydrogen-bond donors (Lipinski definition) is 0. The van der Waals surface area contributed by atoms with Crippen molar-refractivity contribution in [1.82, 2.24) is 0 Å². The Morgan fingerprint density at radius 3 is 0.955 bits per heavy atom. The average molecular weight is 530 g/mol. The molecule has 4 heteroatoms.